The molecule has 0 spiro atoms. The van der Waals surface area contributed by atoms with Crippen molar-refractivity contribution >= 4 is 24.0 Å². The number of rotatable bonds is 10. The van der Waals surface area contributed by atoms with Gasteiger partial charge in [-0.3, -0.25) is 9.59 Å². The molecule has 294 valence electrons. The van der Waals surface area contributed by atoms with Crippen LogP contribution in [0.3, 0.4) is 0 Å². The molecule has 2 aliphatic rings. The molecular weight excluding hydrogens is 688 g/mol. The average molecular weight is 747 g/mol. The molecule has 2 aliphatic heterocycles. The normalized spacial score (nSPS) is 20.3. The maximum absolute atomic E-state index is 13.9. The number of methoxy groups -OCH3 is 2. The van der Waals surface area contributed by atoms with E-state index in [1.165, 1.54) is 14.2 Å². The van der Waals surface area contributed by atoms with E-state index in [0.29, 0.717) is 24.7 Å². The molecule has 0 unspecified atom stereocenters. The van der Waals surface area contributed by atoms with Crippen LogP contribution in [-0.4, -0.2) is 93.1 Å². The zero-order valence-electron chi connectivity index (χ0n) is 33.8. The molecule has 14 nitrogen and oxygen atoms in total. The molecule has 0 saturated carbocycles. The van der Waals surface area contributed by atoms with Crippen molar-refractivity contribution in [2.24, 2.45) is 22.7 Å². The number of aromatic nitrogens is 4. The van der Waals surface area contributed by atoms with Crippen molar-refractivity contribution in [3.63, 3.8) is 0 Å². The fraction of sp³-hybridized carbons (Fsp3) is 0.600. The Bertz CT molecular complexity index is 1730. The molecule has 0 aliphatic carbocycles. The highest BCUT2D eigenvalue weighted by molar-refractivity contribution is 5.87. The van der Waals surface area contributed by atoms with Crippen molar-refractivity contribution in [2.45, 2.75) is 106 Å². The summed E-state index contributed by atoms with van der Waals surface area (Å²) in [6, 6.07) is 6.05. The lowest BCUT2D eigenvalue weighted by molar-refractivity contribution is -0.136. The van der Waals surface area contributed by atoms with Gasteiger partial charge in [-0.15, -0.1) is 0 Å². The van der Waals surface area contributed by atoms with Crippen LogP contribution in [0.4, 0.5) is 9.59 Å². The van der Waals surface area contributed by atoms with E-state index in [1.807, 2.05) is 75.6 Å². The summed E-state index contributed by atoms with van der Waals surface area (Å²) in [6.45, 7) is 21.2. The second-order valence-corrected chi connectivity index (χ2v) is 17.2. The van der Waals surface area contributed by atoms with Crippen LogP contribution in [0.5, 0.6) is 0 Å². The van der Waals surface area contributed by atoms with Gasteiger partial charge in [-0.05, 0) is 49.4 Å². The molecule has 14 heteroatoms. The molecule has 1 aromatic carbocycles. The number of H-pyrrole nitrogens is 2. The second kappa shape index (κ2) is 15.5. The summed E-state index contributed by atoms with van der Waals surface area (Å²) in [5.41, 5.74) is 4.90. The predicted molar refractivity (Wildman–Crippen MR) is 205 cm³/mol. The fourth-order valence-corrected chi connectivity index (χ4v) is 7.88. The largest absolute Gasteiger partial charge is 0.453 e. The lowest BCUT2D eigenvalue weighted by Gasteiger charge is -2.30. The first kappa shape index (κ1) is 40.3. The third kappa shape index (κ3) is 8.42. The number of carbonyl (C=O) groups is 4. The van der Waals surface area contributed by atoms with Crippen LogP contribution in [0.25, 0.3) is 22.5 Å². The van der Waals surface area contributed by atoms with E-state index in [0.717, 1.165) is 46.7 Å². The van der Waals surface area contributed by atoms with Crippen molar-refractivity contribution in [3.8, 4) is 22.5 Å². The Morgan fingerprint density at radius 2 is 1.02 bits per heavy atom. The Labute approximate surface area is 318 Å². The molecule has 54 heavy (non-hydrogen) atoms. The Morgan fingerprint density at radius 1 is 0.685 bits per heavy atom. The minimum atomic E-state index is -0.729. The van der Waals surface area contributed by atoms with E-state index in [2.05, 4.69) is 48.3 Å². The van der Waals surface area contributed by atoms with Gasteiger partial charge in [0.2, 0.25) is 11.8 Å². The van der Waals surface area contributed by atoms with Crippen LogP contribution in [-0.2, 0) is 19.1 Å². The van der Waals surface area contributed by atoms with Crippen molar-refractivity contribution < 1.29 is 28.7 Å². The van der Waals surface area contributed by atoms with Gasteiger partial charge in [0.15, 0.2) is 0 Å². The highest BCUT2D eigenvalue weighted by atomic mass is 16.5. The third-order valence-electron chi connectivity index (χ3n) is 10.7. The summed E-state index contributed by atoms with van der Waals surface area (Å²) < 4.78 is 9.61. The van der Waals surface area contributed by atoms with Gasteiger partial charge in [0.1, 0.15) is 23.7 Å². The summed E-state index contributed by atoms with van der Waals surface area (Å²) in [7, 11) is 2.58. The number of carbonyl (C=O) groups excluding carboxylic acids is 4. The Kier molecular flexibility index (Phi) is 11.5. The molecule has 0 bridgehead atoms. The first-order valence-corrected chi connectivity index (χ1v) is 18.8. The van der Waals surface area contributed by atoms with Gasteiger partial charge in [0.05, 0.1) is 37.7 Å². The van der Waals surface area contributed by atoms with E-state index >= 15 is 0 Å². The number of amides is 4. The minimum Gasteiger partial charge on any atom is -0.453 e. The number of likely N-dealkylation sites (tertiary alicyclic amines) is 2. The van der Waals surface area contributed by atoms with Crippen LogP contribution in [0.1, 0.15) is 103 Å². The van der Waals surface area contributed by atoms with Gasteiger partial charge in [0, 0.05) is 35.6 Å². The van der Waals surface area contributed by atoms with Gasteiger partial charge >= 0.3 is 12.2 Å². The highest BCUT2D eigenvalue weighted by Gasteiger charge is 2.46. The van der Waals surface area contributed by atoms with Crippen LogP contribution in [0.2, 0.25) is 0 Å². The number of nitrogens with zero attached hydrogens (tertiary/aromatic N) is 4. The number of ether oxygens (including phenoxy) is 2. The number of alkyl carbamates (subject to hydrolysis) is 2. The Morgan fingerprint density at radius 3 is 1.31 bits per heavy atom. The lowest BCUT2D eigenvalue weighted by atomic mass is 9.90. The summed E-state index contributed by atoms with van der Waals surface area (Å²) in [4.78, 5) is 72.8. The standard InChI is InChI=1S/C40H58N8O6/c1-21(2)29(45-37(51)53-11)35(49)47-19-39(7,8)17-27(47)33-41-23(5)31(43-33)25-13-15-26(16-14-25)32-24(6)42-34(44-32)28-18-40(9,10)20-48(28)36(50)30(22(3)4)46-38(52)54-12/h13-16,21-22,27-30H,17-20H2,1-12H3,(H,41,43)(H,42,44)(H,45,51)(H,46,52)/t27-,28-,29-,30-/m0/s1. The second-order valence-electron chi connectivity index (χ2n) is 17.2. The first-order chi connectivity index (χ1) is 25.3. The highest BCUT2D eigenvalue weighted by Crippen LogP contribution is 2.44. The number of imidazole rings is 2. The summed E-state index contributed by atoms with van der Waals surface area (Å²) in [6.07, 6.45) is 0.161. The molecule has 4 heterocycles. The fourth-order valence-electron chi connectivity index (χ4n) is 7.88. The van der Waals surface area contributed by atoms with E-state index in [-0.39, 0.29) is 46.6 Å². The molecular formula is C40H58N8O6. The molecule has 4 N–H and O–H groups in total. The van der Waals surface area contributed by atoms with Crippen LogP contribution in [0, 0.1) is 36.5 Å². The molecule has 0 radical (unpaired) electrons. The zero-order chi connectivity index (χ0) is 39.9. The molecule has 5 rings (SSSR count). The third-order valence-corrected chi connectivity index (χ3v) is 10.7. The maximum atomic E-state index is 13.9. The smallest absolute Gasteiger partial charge is 0.407 e. The quantitative estimate of drug-likeness (QED) is 0.183. The molecule has 2 aromatic heterocycles. The predicted octanol–water partition coefficient (Wildman–Crippen LogP) is 6.44. The van der Waals surface area contributed by atoms with Gasteiger partial charge in [0.25, 0.3) is 0 Å². The summed E-state index contributed by atoms with van der Waals surface area (Å²) >= 11 is 0. The van der Waals surface area contributed by atoms with E-state index < -0.39 is 24.3 Å². The molecule has 3 aromatic rings. The van der Waals surface area contributed by atoms with Gasteiger partial charge < -0.3 is 39.9 Å². The number of aryl methyl sites for hydroxylation is 2. The van der Waals surface area contributed by atoms with Crippen LogP contribution >= 0.6 is 0 Å². The van der Waals surface area contributed by atoms with Crippen LogP contribution in [0.15, 0.2) is 24.3 Å². The lowest BCUT2D eigenvalue weighted by Crippen LogP contribution is -2.51. The molecule has 2 fully saturated rings. The zero-order valence-corrected chi connectivity index (χ0v) is 33.8. The molecule has 2 saturated heterocycles. The van der Waals surface area contributed by atoms with Gasteiger partial charge in [-0.25, -0.2) is 19.6 Å². The first-order valence-electron chi connectivity index (χ1n) is 18.8. The monoisotopic (exact) mass is 746 g/mol. The molecule has 4 amide bonds. The molecule has 4 atom stereocenters. The number of hydrogen-bond donors (Lipinski definition) is 4. The van der Waals surface area contributed by atoms with Crippen molar-refractivity contribution in [1.82, 2.24) is 40.4 Å². The topological polar surface area (TPSA) is 175 Å². The van der Waals surface area contributed by atoms with Crippen molar-refractivity contribution in [2.75, 3.05) is 27.3 Å². The number of benzene rings is 1. The van der Waals surface area contributed by atoms with Crippen LogP contribution < -0.4 is 10.6 Å². The number of hydrogen-bond acceptors (Lipinski definition) is 8. The Balaban J connectivity index is 1.39. The number of nitrogens with one attached hydrogen (secondary N) is 4. The SMILES string of the molecule is COC(=O)N[C@H](C(=O)N1CC(C)(C)C[C@H]1c1nc(-c2ccc(-c3nc([C@@H]4CC(C)(C)CN4C(=O)[C@@H](NC(=O)OC)C(C)C)[nH]c3C)cc2)c(C)[nH]1)C(C)C. The Hall–Kier alpha value is -4.88. The number of aromatic amines is 2. The van der Waals surface area contributed by atoms with E-state index in [9.17, 15) is 19.2 Å². The van der Waals surface area contributed by atoms with Gasteiger partial charge in [-0.1, -0.05) is 79.7 Å². The van der Waals surface area contributed by atoms with Crippen molar-refractivity contribution in [1.29, 1.82) is 0 Å². The van der Waals surface area contributed by atoms with Crippen molar-refractivity contribution in [3.05, 3.63) is 47.3 Å². The summed E-state index contributed by atoms with van der Waals surface area (Å²) in [5, 5.41) is 5.45. The van der Waals surface area contributed by atoms with E-state index in [1.54, 1.807) is 0 Å². The van der Waals surface area contributed by atoms with Gasteiger partial charge in [-0.2, -0.15) is 0 Å². The summed E-state index contributed by atoms with van der Waals surface area (Å²) in [5.74, 6) is 0.818. The minimum absolute atomic E-state index is 0.137. The average Bonchev–Trinajstić information content (AvgIpc) is 3.86. The van der Waals surface area contributed by atoms with E-state index in [4.69, 9.17) is 19.4 Å². The maximum Gasteiger partial charge on any atom is 0.407 e.